The van der Waals surface area contributed by atoms with Crippen molar-refractivity contribution in [3.8, 4) is 0 Å². The van der Waals surface area contributed by atoms with E-state index in [1.807, 2.05) is 0 Å². The van der Waals surface area contributed by atoms with Crippen molar-refractivity contribution in [2.24, 2.45) is 0 Å². The maximum Gasteiger partial charge on any atom is 0.220 e. The van der Waals surface area contributed by atoms with E-state index in [1.165, 1.54) is 16.7 Å². The first-order chi connectivity index (χ1) is 11.0. The Morgan fingerprint density at radius 3 is 2.61 bits per heavy atom. The number of amides is 1. The minimum Gasteiger partial charge on any atom is -0.356 e. The van der Waals surface area contributed by atoms with Crippen LogP contribution in [-0.2, 0) is 11.2 Å². The smallest absolute Gasteiger partial charge is 0.220 e. The molecule has 0 saturated carbocycles. The Morgan fingerprint density at radius 2 is 1.91 bits per heavy atom. The zero-order valence-electron chi connectivity index (χ0n) is 14.9. The molecule has 4 heteroatoms. The number of piperazine rings is 1. The molecule has 1 aromatic rings. The van der Waals surface area contributed by atoms with Gasteiger partial charge in [0.25, 0.3) is 0 Å². The fraction of sp³-hybridized carbons (Fsp3) is 0.632. The summed E-state index contributed by atoms with van der Waals surface area (Å²) in [5.41, 5.74) is 3.84. The largest absolute Gasteiger partial charge is 0.356 e. The molecule has 4 nitrogen and oxygen atoms in total. The van der Waals surface area contributed by atoms with Crippen molar-refractivity contribution in [1.82, 2.24) is 15.1 Å². The van der Waals surface area contributed by atoms with E-state index >= 15 is 0 Å². The fourth-order valence-corrected chi connectivity index (χ4v) is 3.06. The van der Waals surface area contributed by atoms with E-state index in [9.17, 15) is 4.79 Å². The molecule has 0 aromatic heterocycles. The molecule has 0 unspecified atom stereocenters. The van der Waals surface area contributed by atoms with Crippen LogP contribution >= 0.6 is 0 Å². The average molecular weight is 317 g/mol. The number of hydrogen-bond acceptors (Lipinski definition) is 3. The first-order valence-electron chi connectivity index (χ1n) is 8.78. The number of hydrogen-bond donors (Lipinski definition) is 1. The number of rotatable bonds is 7. The molecule has 1 fully saturated rings. The molecule has 1 saturated heterocycles. The maximum atomic E-state index is 12.0. The lowest BCUT2D eigenvalue weighted by molar-refractivity contribution is -0.121. The highest BCUT2D eigenvalue weighted by Gasteiger charge is 2.12. The third kappa shape index (κ3) is 6.32. The van der Waals surface area contributed by atoms with E-state index in [0.717, 1.165) is 52.1 Å². The van der Waals surface area contributed by atoms with Gasteiger partial charge < -0.3 is 15.1 Å². The normalized spacial score (nSPS) is 16.5. The van der Waals surface area contributed by atoms with Crippen LogP contribution in [-0.4, -0.2) is 62.0 Å². The highest BCUT2D eigenvalue weighted by molar-refractivity contribution is 5.76. The number of likely N-dealkylation sites (N-methyl/N-ethyl adjacent to an activating group) is 1. The van der Waals surface area contributed by atoms with Gasteiger partial charge in [0.15, 0.2) is 0 Å². The van der Waals surface area contributed by atoms with Crippen molar-refractivity contribution < 1.29 is 4.79 Å². The molecule has 0 radical (unpaired) electrons. The van der Waals surface area contributed by atoms with Gasteiger partial charge in [-0.1, -0.05) is 23.8 Å². The molecule has 1 aliphatic heterocycles. The minimum absolute atomic E-state index is 0.170. The second kappa shape index (κ2) is 9.04. The molecule has 0 spiro atoms. The zero-order valence-corrected chi connectivity index (χ0v) is 14.9. The van der Waals surface area contributed by atoms with Crippen LogP contribution in [0.15, 0.2) is 18.2 Å². The average Bonchev–Trinajstić information content (AvgIpc) is 2.52. The van der Waals surface area contributed by atoms with E-state index in [-0.39, 0.29) is 5.91 Å². The van der Waals surface area contributed by atoms with Crippen LogP contribution < -0.4 is 5.32 Å². The van der Waals surface area contributed by atoms with Crippen LogP contribution in [0.2, 0.25) is 0 Å². The first-order valence-corrected chi connectivity index (χ1v) is 8.78. The summed E-state index contributed by atoms with van der Waals surface area (Å²) in [6, 6.07) is 6.45. The lowest BCUT2D eigenvalue weighted by atomic mass is 10.0. The summed E-state index contributed by atoms with van der Waals surface area (Å²) in [6.45, 7) is 10.7. The van der Waals surface area contributed by atoms with Crippen LogP contribution in [0.1, 0.15) is 29.5 Å². The van der Waals surface area contributed by atoms with E-state index < -0.39 is 0 Å². The monoisotopic (exact) mass is 317 g/mol. The van der Waals surface area contributed by atoms with Gasteiger partial charge in [0.05, 0.1) is 0 Å². The molecular formula is C19H31N3O. The Kier molecular flexibility index (Phi) is 7.06. The molecule has 23 heavy (non-hydrogen) atoms. The highest BCUT2D eigenvalue weighted by Crippen LogP contribution is 2.12. The van der Waals surface area contributed by atoms with Gasteiger partial charge in [0.2, 0.25) is 5.91 Å². The van der Waals surface area contributed by atoms with Gasteiger partial charge in [0, 0.05) is 39.1 Å². The van der Waals surface area contributed by atoms with Gasteiger partial charge in [-0.3, -0.25) is 4.79 Å². The lowest BCUT2D eigenvalue weighted by Gasteiger charge is -2.32. The molecule has 1 aliphatic rings. The Morgan fingerprint density at radius 1 is 1.17 bits per heavy atom. The van der Waals surface area contributed by atoms with Crippen molar-refractivity contribution in [2.75, 3.05) is 46.3 Å². The molecule has 1 heterocycles. The highest BCUT2D eigenvalue weighted by atomic mass is 16.1. The quantitative estimate of drug-likeness (QED) is 0.781. The van der Waals surface area contributed by atoms with Gasteiger partial charge in [0.1, 0.15) is 0 Å². The Labute approximate surface area is 140 Å². The summed E-state index contributed by atoms with van der Waals surface area (Å²) < 4.78 is 0. The molecule has 1 amide bonds. The summed E-state index contributed by atoms with van der Waals surface area (Å²) >= 11 is 0. The van der Waals surface area contributed by atoms with Crippen molar-refractivity contribution in [2.45, 2.75) is 33.1 Å². The molecule has 0 bridgehead atoms. The van der Waals surface area contributed by atoms with Gasteiger partial charge >= 0.3 is 0 Å². The Hall–Kier alpha value is -1.39. The second-order valence-corrected chi connectivity index (χ2v) is 6.78. The summed E-state index contributed by atoms with van der Waals surface area (Å²) in [5.74, 6) is 0.170. The molecule has 1 aromatic carbocycles. The molecule has 0 aliphatic carbocycles. The van der Waals surface area contributed by atoms with Crippen molar-refractivity contribution in [3.05, 3.63) is 34.9 Å². The van der Waals surface area contributed by atoms with E-state index in [4.69, 9.17) is 0 Å². The van der Waals surface area contributed by atoms with Crippen molar-refractivity contribution in [1.29, 1.82) is 0 Å². The van der Waals surface area contributed by atoms with Crippen LogP contribution in [0.25, 0.3) is 0 Å². The van der Waals surface area contributed by atoms with Gasteiger partial charge in [-0.25, -0.2) is 0 Å². The van der Waals surface area contributed by atoms with Crippen LogP contribution in [0, 0.1) is 13.8 Å². The maximum absolute atomic E-state index is 12.0. The fourth-order valence-electron chi connectivity index (χ4n) is 3.06. The Balaban J connectivity index is 1.58. The van der Waals surface area contributed by atoms with Gasteiger partial charge in [-0.05, 0) is 51.4 Å². The predicted octanol–water partition coefficient (Wildman–Crippen LogP) is 1.99. The summed E-state index contributed by atoms with van der Waals surface area (Å²) in [4.78, 5) is 16.8. The standard InChI is InChI=1S/C19H31N3O/c1-16-5-6-18(17(2)15-16)7-8-19(23)20-9-4-10-22-13-11-21(3)12-14-22/h5-6,15H,4,7-14H2,1-3H3,(H,20,23). The summed E-state index contributed by atoms with van der Waals surface area (Å²) in [5, 5.41) is 3.06. The van der Waals surface area contributed by atoms with E-state index in [1.54, 1.807) is 0 Å². The molecule has 1 N–H and O–H groups in total. The number of nitrogens with one attached hydrogen (secondary N) is 1. The van der Waals surface area contributed by atoms with Gasteiger partial charge in [-0.2, -0.15) is 0 Å². The van der Waals surface area contributed by atoms with E-state index in [0.29, 0.717) is 6.42 Å². The molecule has 0 atom stereocenters. The van der Waals surface area contributed by atoms with E-state index in [2.05, 4.69) is 54.2 Å². The van der Waals surface area contributed by atoms with Crippen molar-refractivity contribution >= 4 is 5.91 Å². The number of carbonyl (C=O) groups is 1. The lowest BCUT2D eigenvalue weighted by Crippen LogP contribution is -2.45. The number of nitrogens with zero attached hydrogens (tertiary/aromatic N) is 2. The van der Waals surface area contributed by atoms with Crippen LogP contribution in [0.5, 0.6) is 0 Å². The second-order valence-electron chi connectivity index (χ2n) is 6.78. The van der Waals surface area contributed by atoms with Gasteiger partial charge in [-0.15, -0.1) is 0 Å². The number of benzene rings is 1. The summed E-state index contributed by atoms with van der Waals surface area (Å²) in [7, 11) is 2.17. The third-order valence-electron chi connectivity index (χ3n) is 4.69. The predicted molar refractivity (Wildman–Crippen MR) is 95.8 cm³/mol. The molecular weight excluding hydrogens is 286 g/mol. The topological polar surface area (TPSA) is 35.6 Å². The van der Waals surface area contributed by atoms with Crippen LogP contribution in [0.3, 0.4) is 0 Å². The molecule has 128 valence electrons. The van der Waals surface area contributed by atoms with Crippen LogP contribution in [0.4, 0.5) is 0 Å². The Bertz CT molecular complexity index is 507. The number of carbonyl (C=O) groups excluding carboxylic acids is 1. The molecule has 2 rings (SSSR count). The number of aryl methyl sites for hydroxylation is 3. The third-order valence-corrected chi connectivity index (χ3v) is 4.69. The first kappa shape index (κ1) is 18.0. The summed E-state index contributed by atoms with van der Waals surface area (Å²) in [6.07, 6.45) is 2.45. The SMILES string of the molecule is Cc1ccc(CCC(=O)NCCCN2CCN(C)CC2)c(C)c1. The zero-order chi connectivity index (χ0) is 16.7. The van der Waals surface area contributed by atoms with Crippen molar-refractivity contribution in [3.63, 3.8) is 0 Å². The minimum atomic E-state index is 0.170.